The van der Waals surface area contributed by atoms with Gasteiger partial charge in [0.2, 0.25) is 0 Å². The summed E-state index contributed by atoms with van der Waals surface area (Å²) in [6, 6.07) is 42.8. The molecule has 0 bridgehead atoms. The van der Waals surface area contributed by atoms with E-state index in [0.717, 1.165) is 41.4 Å². The molecule has 0 unspecified atom stereocenters. The molecule has 2 aromatic heterocycles. The lowest BCUT2D eigenvalue weighted by atomic mass is 9.72. The molecule has 0 atom stereocenters. The van der Waals surface area contributed by atoms with Crippen molar-refractivity contribution >= 4 is 51.9 Å². The summed E-state index contributed by atoms with van der Waals surface area (Å²) in [5, 5.41) is 2.21. The Kier molecular flexibility index (Phi) is 7.48. The number of anilines is 3. The Bertz CT molecular complexity index is 2380. The molecule has 52 heavy (non-hydrogen) atoms. The average molecular weight is 708 g/mol. The summed E-state index contributed by atoms with van der Waals surface area (Å²) in [6.45, 7) is 4.76. The van der Waals surface area contributed by atoms with Gasteiger partial charge >= 0.3 is 0 Å². The third kappa shape index (κ3) is 5.30. The van der Waals surface area contributed by atoms with E-state index in [1.165, 1.54) is 77.0 Å². The zero-order chi connectivity index (χ0) is 34.8. The Morgan fingerprint density at radius 3 is 1.42 bits per heavy atom. The molecule has 3 aliphatic rings. The molecule has 0 saturated heterocycles. The molecule has 0 spiro atoms. The number of benzene rings is 5. The number of thiazole rings is 2. The van der Waals surface area contributed by atoms with Gasteiger partial charge in [0.25, 0.3) is 0 Å². The van der Waals surface area contributed by atoms with Crippen LogP contribution in [0.4, 0.5) is 17.1 Å². The van der Waals surface area contributed by atoms with E-state index in [1.54, 1.807) is 22.7 Å². The molecule has 10 rings (SSSR count). The summed E-state index contributed by atoms with van der Waals surface area (Å²) in [5.41, 5.74) is 15.7. The third-order valence-corrected chi connectivity index (χ3v) is 13.1. The van der Waals surface area contributed by atoms with Gasteiger partial charge in [-0.2, -0.15) is 0 Å². The van der Waals surface area contributed by atoms with Gasteiger partial charge in [-0.1, -0.05) is 105 Å². The summed E-state index contributed by atoms with van der Waals surface area (Å²) in [4.78, 5) is 15.0. The first-order valence-electron chi connectivity index (χ1n) is 18.2. The summed E-state index contributed by atoms with van der Waals surface area (Å²) in [5.74, 6) is 0. The number of nitrogens with zero attached hydrogens (tertiary/aromatic N) is 3. The van der Waals surface area contributed by atoms with Crippen LogP contribution in [0.2, 0.25) is 0 Å². The average Bonchev–Trinajstić information content (AvgIpc) is 3.84. The molecule has 252 valence electrons. The number of fused-ring (bicyclic) bond motifs is 4. The Morgan fingerprint density at radius 1 is 0.519 bits per heavy atom. The molecule has 0 amide bonds. The van der Waals surface area contributed by atoms with Crippen molar-refractivity contribution in [2.24, 2.45) is 0 Å². The molecular formula is C47H37N3S2. The van der Waals surface area contributed by atoms with Crippen LogP contribution in [0, 0.1) is 0 Å². The fourth-order valence-corrected chi connectivity index (χ4v) is 10.1. The SMILES string of the molecule is CC1(C)c2cc(-c3ccc(-c4nc5c(s4)C=CCC5)cc3)ccc2N(c2ccccc2)c2ccc(-c3ccc(-c4nc5c(s4)C=CCC5)cc3)cc21. The molecular weight excluding hydrogens is 671 g/mol. The van der Waals surface area contributed by atoms with Crippen LogP contribution in [0.25, 0.3) is 55.5 Å². The second-order valence-corrected chi connectivity index (χ2v) is 16.5. The van der Waals surface area contributed by atoms with Crippen molar-refractivity contribution < 1.29 is 0 Å². The lowest BCUT2D eigenvalue weighted by Gasteiger charge is -2.42. The normalized spacial score (nSPS) is 15.2. The second-order valence-electron chi connectivity index (χ2n) is 14.5. The number of para-hydroxylation sites is 1. The van der Waals surface area contributed by atoms with E-state index < -0.39 is 0 Å². The monoisotopic (exact) mass is 707 g/mol. The van der Waals surface area contributed by atoms with Crippen molar-refractivity contribution in [3.8, 4) is 43.4 Å². The first-order valence-corrected chi connectivity index (χ1v) is 19.8. The molecule has 0 saturated carbocycles. The molecule has 5 heteroatoms. The molecule has 2 aliphatic carbocycles. The molecule has 5 aromatic carbocycles. The Morgan fingerprint density at radius 2 is 0.962 bits per heavy atom. The third-order valence-electron chi connectivity index (χ3n) is 10.9. The molecule has 3 heterocycles. The van der Waals surface area contributed by atoms with Crippen LogP contribution in [0.3, 0.4) is 0 Å². The van der Waals surface area contributed by atoms with Gasteiger partial charge in [0.1, 0.15) is 10.0 Å². The maximum Gasteiger partial charge on any atom is 0.124 e. The molecule has 0 N–H and O–H groups in total. The number of hydrogen-bond donors (Lipinski definition) is 0. The lowest BCUT2D eigenvalue weighted by molar-refractivity contribution is 0.632. The van der Waals surface area contributed by atoms with Crippen LogP contribution in [0.15, 0.2) is 127 Å². The van der Waals surface area contributed by atoms with E-state index in [9.17, 15) is 0 Å². The maximum atomic E-state index is 4.98. The van der Waals surface area contributed by atoms with Crippen LogP contribution in [-0.2, 0) is 18.3 Å². The minimum atomic E-state index is -0.233. The highest BCUT2D eigenvalue weighted by Crippen LogP contribution is 2.53. The summed E-state index contributed by atoms with van der Waals surface area (Å²) in [7, 11) is 0. The highest BCUT2D eigenvalue weighted by Gasteiger charge is 2.37. The first kappa shape index (κ1) is 31.4. The quantitative estimate of drug-likeness (QED) is 0.178. The van der Waals surface area contributed by atoms with E-state index in [1.807, 2.05) is 0 Å². The van der Waals surface area contributed by atoms with Gasteiger partial charge in [0.15, 0.2) is 0 Å². The van der Waals surface area contributed by atoms with E-state index in [-0.39, 0.29) is 5.41 Å². The standard InChI is InChI=1S/C47H37N3S2/c1-47(2)37-28-34(30-16-20-32(21-17-30)45-48-39-12-6-8-14-43(39)51-45)24-26-41(37)50(36-10-4-3-5-11-36)42-27-25-35(29-38(42)47)31-18-22-33(23-19-31)46-49-40-13-7-9-15-44(40)52-46/h3-5,8-11,14-29H,6-7,12-13H2,1-2H3. The lowest BCUT2D eigenvalue weighted by Crippen LogP contribution is -2.30. The van der Waals surface area contributed by atoms with Gasteiger partial charge < -0.3 is 4.90 Å². The van der Waals surface area contributed by atoms with E-state index >= 15 is 0 Å². The van der Waals surface area contributed by atoms with Gasteiger partial charge in [-0.25, -0.2) is 9.97 Å². The van der Waals surface area contributed by atoms with Crippen molar-refractivity contribution in [3.63, 3.8) is 0 Å². The van der Waals surface area contributed by atoms with Gasteiger partial charge in [-0.3, -0.25) is 0 Å². The zero-order valence-electron chi connectivity index (χ0n) is 29.3. The predicted octanol–water partition coefficient (Wildman–Crippen LogP) is 13.3. The number of hydrogen-bond acceptors (Lipinski definition) is 5. The second kappa shape index (κ2) is 12.4. The van der Waals surface area contributed by atoms with Crippen molar-refractivity contribution in [1.29, 1.82) is 0 Å². The fraction of sp³-hybridized carbons (Fsp3) is 0.149. The van der Waals surface area contributed by atoms with Gasteiger partial charge in [-0.15, -0.1) is 22.7 Å². The van der Waals surface area contributed by atoms with Gasteiger partial charge in [-0.05, 0) is 108 Å². The zero-order valence-corrected chi connectivity index (χ0v) is 30.9. The van der Waals surface area contributed by atoms with E-state index in [4.69, 9.17) is 9.97 Å². The number of aromatic nitrogens is 2. The maximum absolute atomic E-state index is 4.98. The van der Waals surface area contributed by atoms with Crippen LogP contribution < -0.4 is 4.90 Å². The Labute approximate surface area is 313 Å². The minimum absolute atomic E-state index is 0.233. The highest BCUT2D eigenvalue weighted by atomic mass is 32.1. The van der Waals surface area contributed by atoms with Crippen LogP contribution >= 0.6 is 22.7 Å². The van der Waals surface area contributed by atoms with Crippen molar-refractivity contribution in [3.05, 3.63) is 160 Å². The van der Waals surface area contributed by atoms with E-state index in [2.05, 4.69) is 158 Å². The van der Waals surface area contributed by atoms with Crippen LogP contribution in [-0.4, -0.2) is 9.97 Å². The smallest absolute Gasteiger partial charge is 0.124 e. The van der Waals surface area contributed by atoms with Crippen molar-refractivity contribution in [2.45, 2.75) is 44.9 Å². The topological polar surface area (TPSA) is 29.0 Å². The minimum Gasteiger partial charge on any atom is -0.310 e. The highest BCUT2D eigenvalue weighted by molar-refractivity contribution is 7.16. The Hall–Kier alpha value is -5.36. The van der Waals surface area contributed by atoms with Crippen molar-refractivity contribution in [2.75, 3.05) is 4.90 Å². The molecule has 0 fully saturated rings. The molecule has 3 nitrogen and oxygen atoms in total. The Balaban J connectivity index is 1.02. The number of rotatable bonds is 5. The predicted molar refractivity (Wildman–Crippen MR) is 221 cm³/mol. The van der Waals surface area contributed by atoms with Crippen molar-refractivity contribution in [1.82, 2.24) is 9.97 Å². The first-order chi connectivity index (χ1) is 25.5. The summed E-state index contributed by atoms with van der Waals surface area (Å²) >= 11 is 3.59. The molecule has 0 radical (unpaired) electrons. The van der Waals surface area contributed by atoms with Crippen LogP contribution in [0.5, 0.6) is 0 Å². The summed E-state index contributed by atoms with van der Waals surface area (Å²) < 4.78 is 0. The number of aryl methyl sites for hydroxylation is 2. The van der Waals surface area contributed by atoms with Gasteiger partial charge in [0, 0.05) is 22.2 Å². The largest absolute Gasteiger partial charge is 0.310 e. The fourth-order valence-electron chi connectivity index (χ4n) is 7.98. The van der Waals surface area contributed by atoms with Gasteiger partial charge in [0.05, 0.1) is 32.5 Å². The molecule has 1 aliphatic heterocycles. The van der Waals surface area contributed by atoms with Crippen LogP contribution in [0.1, 0.15) is 59.0 Å². The van der Waals surface area contributed by atoms with E-state index in [0.29, 0.717) is 0 Å². The molecule has 7 aromatic rings. The number of allylic oxidation sites excluding steroid dienone is 2. The summed E-state index contributed by atoms with van der Waals surface area (Å²) in [6.07, 6.45) is 13.2.